The summed E-state index contributed by atoms with van der Waals surface area (Å²) in [6.45, 7) is 1.78. The average Bonchev–Trinajstić information content (AvgIpc) is 2.42. The predicted molar refractivity (Wildman–Crippen MR) is 80.0 cm³/mol. The Morgan fingerprint density at radius 1 is 1.38 bits per heavy atom. The molecule has 0 bridgehead atoms. The van der Waals surface area contributed by atoms with Crippen LogP contribution in [0.2, 0.25) is 10.0 Å². The highest BCUT2D eigenvalue weighted by Gasteiger charge is 2.18. The number of benzene rings is 1. The molecule has 0 amide bonds. The van der Waals surface area contributed by atoms with Crippen molar-refractivity contribution in [2.24, 2.45) is 5.73 Å². The molecular weight excluding hydrogens is 317 g/mol. The van der Waals surface area contributed by atoms with E-state index in [0.29, 0.717) is 5.56 Å². The average molecular weight is 328 g/mol. The summed E-state index contributed by atoms with van der Waals surface area (Å²) in [5, 5.41) is 10.8. The molecule has 0 spiro atoms. The van der Waals surface area contributed by atoms with Gasteiger partial charge in [0.1, 0.15) is 0 Å². The van der Waals surface area contributed by atoms with Gasteiger partial charge >= 0.3 is 0 Å². The SMILES string of the molecule is C[C@H](N)c1cccnc1Oc1c(Cl)cc([N+](=O)[O-])cc1Cl. The van der Waals surface area contributed by atoms with Crippen LogP contribution in [0.5, 0.6) is 11.6 Å². The summed E-state index contributed by atoms with van der Waals surface area (Å²) in [5.41, 5.74) is 6.29. The van der Waals surface area contributed by atoms with Gasteiger partial charge in [-0.2, -0.15) is 0 Å². The summed E-state index contributed by atoms with van der Waals surface area (Å²) in [7, 11) is 0. The Labute approximate surface area is 130 Å². The van der Waals surface area contributed by atoms with Crippen molar-refractivity contribution in [3.05, 3.63) is 56.2 Å². The van der Waals surface area contributed by atoms with Crippen LogP contribution in [0.4, 0.5) is 5.69 Å². The largest absolute Gasteiger partial charge is 0.436 e. The van der Waals surface area contributed by atoms with E-state index in [4.69, 9.17) is 33.7 Å². The van der Waals surface area contributed by atoms with Crippen LogP contribution in [0.1, 0.15) is 18.5 Å². The fourth-order valence-corrected chi connectivity index (χ4v) is 2.23. The molecule has 1 aromatic carbocycles. The number of nitrogens with two attached hydrogens (primary N) is 1. The maximum atomic E-state index is 10.7. The van der Waals surface area contributed by atoms with E-state index in [2.05, 4.69) is 4.98 Å². The van der Waals surface area contributed by atoms with Gasteiger partial charge in [0.25, 0.3) is 5.69 Å². The van der Waals surface area contributed by atoms with Gasteiger partial charge in [0.2, 0.25) is 5.88 Å². The number of non-ortho nitro benzene ring substituents is 1. The number of nitro groups is 1. The quantitative estimate of drug-likeness (QED) is 0.673. The molecule has 1 heterocycles. The van der Waals surface area contributed by atoms with Crippen molar-refractivity contribution >= 4 is 28.9 Å². The summed E-state index contributed by atoms with van der Waals surface area (Å²) in [6, 6.07) is 5.52. The van der Waals surface area contributed by atoms with Gasteiger partial charge in [-0.3, -0.25) is 10.1 Å². The molecule has 0 aliphatic heterocycles. The van der Waals surface area contributed by atoms with E-state index in [1.807, 2.05) is 0 Å². The lowest BCUT2D eigenvalue weighted by Crippen LogP contribution is -2.07. The first-order valence-electron chi connectivity index (χ1n) is 5.92. The van der Waals surface area contributed by atoms with E-state index in [0.717, 1.165) is 12.1 Å². The third-order valence-electron chi connectivity index (χ3n) is 2.68. The smallest absolute Gasteiger partial charge is 0.272 e. The van der Waals surface area contributed by atoms with E-state index >= 15 is 0 Å². The summed E-state index contributed by atoms with van der Waals surface area (Å²) in [5.74, 6) is 0.356. The molecule has 0 unspecified atom stereocenters. The maximum absolute atomic E-state index is 10.7. The Morgan fingerprint density at radius 3 is 2.52 bits per heavy atom. The van der Waals surface area contributed by atoms with Crippen molar-refractivity contribution in [3.63, 3.8) is 0 Å². The van der Waals surface area contributed by atoms with Gasteiger partial charge in [0.05, 0.1) is 15.0 Å². The molecule has 2 N–H and O–H groups in total. The number of pyridine rings is 1. The number of nitro benzene ring substituents is 1. The molecule has 0 aliphatic carbocycles. The molecule has 110 valence electrons. The van der Waals surface area contributed by atoms with Gasteiger partial charge in [-0.1, -0.05) is 29.3 Å². The Kier molecular flexibility index (Phi) is 4.62. The fourth-order valence-electron chi connectivity index (χ4n) is 1.68. The molecule has 0 fully saturated rings. The number of hydrogen-bond donors (Lipinski definition) is 1. The number of rotatable bonds is 4. The van der Waals surface area contributed by atoms with Crippen LogP contribution in [-0.4, -0.2) is 9.91 Å². The van der Waals surface area contributed by atoms with Crippen molar-refractivity contribution in [2.75, 3.05) is 0 Å². The molecule has 1 atom stereocenters. The minimum absolute atomic E-state index is 0.0236. The van der Waals surface area contributed by atoms with E-state index in [1.54, 1.807) is 19.1 Å². The Balaban J connectivity index is 2.43. The number of nitrogens with zero attached hydrogens (tertiary/aromatic N) is 2. The summed E-state index contributed by atoms with van der Waals surface area (Å²) < 4.78 is 5.59. The van der Waals surface area contributed by atoms with Gasteiger partial charge in [0.15, 0.2) is 5.75 Å². The molecule has 0 saturated heterocycles. The molecule has 0 saturated carbocycles. The zero-order valence-electron chi connectivity index (χ0n) is 10.9. The van der Waals surface area contributed by atoms with Gasteiger partial charge in [-0.05, 0) is 13.0 Å². The predicted octanol–water partition coefficient (Wildman–Crippen LogP) is 4.11. The van der Waals surface area contributed by atoms with Crippen LogP contribution < -0.4 is 10.5 Å². The Bertz CT molecular complexity index is 669. The van der Waals surface area contributed by atoms with Crippen LogP contribution in [-0.2, 0) is 0 Å². The lowest BCUT2D eigenvalue weighted by Gasteiger charge is -2.13. The zero-order chi connectivity index (χ0) is 15.6. The fraction of sp³-hybridized carbons (Fsp3) is 0.154. The molecule has 8 heteroatoms. The third kappa shape index (κ3) is 3.41. The molecular formula is C13H11Cl2N3O3. The van der Waals surface area contributed by atoms with Gasteiger partial charge in [0, 0.05) is 29.9 Å². The first-order valence-corrected chi connectivity index (χ1v) is 6.67. The molecule has 0 radical (unpaired) electrons. The first-order chi connectivity index (χ1) is 9.90. The minimum Gasteiger partial charge on any atom is -0.436 e. The Morgan fingerprint density at radius 2 is 2.00 bits per heavy atom. The first kappa shape index (κ1) is 15.5. The van der Waals surface area contributed by atoms with Crippen LogP contribution in [0, 0.1) is 10.1 Å². The number of halogens is 2. The molecule has 2 rings (SSSR count). The van der Waals surface area contributed by atoms with E-state index in [1.165, 1.54) is 6.20 Å². The van der Waals surface area contributed by atoms with Crippen molar-refractivity contribution in [1.82, 2.24) is 4.98 Å². The van der Waals surface area contributed by atoms with Crippen LogP contribution in [0.15, 0.2) is 30.5 Å². The second-order valence-electron chi connectivity index (χ2n) is 4.28. The summed E-state index contributed by atoms with van der Waals surface area (Å²) in [6.07, 6.45) is 1.54. The van der Waals surface area contributed by atoms with Crippen LogP contribution in [0.3, 0.4) is 0 Å². The van der Waals surface area contributed by atoms with Crippen LogP contribution >= 0.6 is 23.2 Å². The van der Waals surface area contributed by atoms with E-state index < -0.39 is 4.92 Å². The number of ether oxygens (including phenoxy) is 1. The molecule has 2 aromatic rings. The highest BCUT2D eigenvalue weighted by molar-refractivity contribution is 6.37. The molecule has 1 aromatic heterocycles. The number of aromatic nitrogens is 1. The summed E-state index contributed by atoms with van der Waals surface area (Å²) in [4.78, 5) is 14.2. The number of hydrogen-bond acceptors (Lipinski definition) is 5. The van der Waals surface area contributed by atoms with E-state index in [9.17, 15) is 10.1 Å². The van der Waals surface area contributed by atoms with Gasteiger partial charge in [-0.25, -0.2) is 4.98 Å². The lowest BCUT2D eigenvalue weighted by molar-refractivity contribution is -0.384. The Hall–Kier alpha value is -1.89. The van der Waals surface area contributed by atoms with Gasteiger partial charge < -0.3 is 10.5 Å². The highest BCUT2D eigenvalue weighted by Crippen LogP contribution is 2.40. The monoisotopic (exact) mass is 327 g/mol. The molecule has 6 nitrogen and oxygen atoms in total. The topological polar surface area (TPSA) is 91.3 Å². The molecule has 0 aliphatic rings. The van der Waals surface area contributed by atoms with Crippen molar-refractivity contribution in [1.29, 1.82) is 0 Å². The second kappa shape index (κ2) is 6.26. The van der Waals surface area contributed by atoms with Crippen molar-refractivity contribution < 1.29 is 9.66 Å². The highest BCUT2D eigenvalue weighted by atomic mass is 35.5. The second-order valence-corrected chi connectivity index (χ2v) is 5.10. The third-order valence-corrected chi connectivity index (χ3v) is 3.25. The molecule has 21 heavy (non-hydrogen) atoms. The summed E-state index contributed by atoms with van der Waals surface area (Å²) >= 11 is 12.0. The lowest BCUT2D eigenvalue weighted by atomic mass is 10.1. The maximum Gasteiger partial charge on any atom is 0.272 e. The van der Waals surface area contributed by atoms with Crippen LogP contribution in [0.25, 0.3) is 0 Å². The van der Waals surface area contributed by atoms with E-state index in [-0.39, 0.29) is 33.4 Å². The minimum atomic E-state index is -0.588. The van der Waals surface area contributed by atoms with Gasteiger partial charge in [-0.15, -0.1) is 0 Å². The van der Waals surface area contributed by atoms with Crippen molar-refractivity contribution in [3.8, 4) is 11.6 Å². The zero-order valence-corrected chi connectivity index (χ0v) is 12.4. The normalized spacial score (nSPS) is 12.0. The standard InChI is InChI=1S/C13H11Cl2N3O3/c1-7(16)9-3-2-4-17-13(9)21-12-10(14)5-8(18(19)20)6-11(12)15/h2-7H,16H2,1H3/t7-/m0/s1. The van der Waals surface area contributed by atoms with Crippen molar-refractivity contribution in [2.45, 2.75) is 13.0 Å².